The molecule has 0 radical (unpaired) electrons. The summed E-state index contributed by atoms with van der Waals surface area (Å²) < 4.78 is 9.75. The third kappa shape index (κ3) is 5.35. The normalized spacial score (nSPS) is 15.4. The van der Waals surface area contributed by atoms with Crippen molar-refractivity contribution in [1.82, 2.24) is 31.0 Å². The topological polar surface area (TPSA) is 249 Å². The number of aromatic nitrogens is 4. The summed E-state index contributed by atoms with van der Waals surface area (Å²) in [6, 6.07) is -4.06. The number of nitrogens with two attached hydrogens (primary N) is 2. The molecule has 2 aromatic heterocycles. The van der Waals surface area contributed by atoms with Crippen molar-refractivity contribution in [3.8, 4) is 6.08 Å². The summed E-state index contributed by atoms with van der Waals surface area (Å²) in [7, 11) is 0. The average molecular weight is 400 g/mol. The van der Waals surface area contributed by atoms with Crippen LogP contribution >= 0.6 is 0 Å². The zero-order chi connectivity index (χ0) is 20.8. The van der Waals surface area contributed by atoms with Crippen LogP contribution in [0.4, 0.5) is 4.79 Å². The van der Waals surface area contributed by atoms with Gasteiger partial charge in [0.2, 0.25) is 17.7 Å². The molecular weight excluding hydrogens is 380 g/mol. The first-order chi connectivity index (χ1) is 13.2. The fourth-order valence-corrected chi connectivity index (χ4v) is 2.10. The Hall–Kier alpha value is -3.30. The van der Waals surface area contributed by atoms with Gasteiger partial charge in [0.1, 0.15) is 12.1 Å². The molecule has 0 fully saturated rings. The minimum atomic E-state index is -1.17. The van der Waals surface area contributed by atoms with Crippen molar-refractivity contribution in [2.24, 2.45) is 11.5 Å². The Morgan fingerprint density at radius 2 is 1.96 bits per heavy atom. The first-order valence-corrected chi connectivity index (χ1v) is 7.97. The summed E-state index contributed by atoms with van der Waals surface area (Å²) in [5, 5.41) is 43.0. The van der Waals surface area contributed by atoms with Crippen LogP contribution in [0.1, 0.15) is 49.1 Å². The number of amides is 3. The highest BCUT2D eigenvalue weighted by Gasteiger charge is 2.29. The Bertz CT molecular complexity index is 806. The first-order valence-electron chi connectivity index (χ1n) is 7.97. The smallest absolute Gasteiger partial charge is 0.412 e. The van der Waals surface area contributed by atoms with Gasteiger partial charge in [0.15, 0.2) is 5.82 Å². The molecule has 0 spiro atoms. The number of urea groups is 1. The number of aliphatic hydroxyl groups is 2. The van der Waals surface area contributed by atoms with E-state index in [1.807, 2.05) is 0 Å². The lowest BCUT2D eigenvalue weighted by molar-refractivity contribution is -0.118. The van der Waals surface area contributed by atoms with Crippen LogP contribution < -0.4 is 22.1 Å². The van der Waals surface area contributed by atoms with E-state index >= 15 is 0 Å². The Morgan fingerprint density at radius 1 is 1.25 bits per heavy atom. The molecule has 2 heterocycles. The molecule has 0 saturated heterocycles. The number of carbonyl (C=O) groups is 2. The molecule has 28 heavy (non-hydrogen) atoms. The van der Waals surface area contributed by atoms with Crippen LogP contribution in [0, 0.1) is 0 Å². The molecule has 0 aromatic carbocycles. The van der Waals surface area contributed by atoms with Gasteiger partial charge < -0.3 is 46.4 Å². The number of hydrogen-bond acceptors (Lipinski definition) is 12. The third-order valence-electron chi connectivity index (χ3n) is 3.46. The predicted octanol–water partition coefficient (Wildman–Crippen LogP) is -2.51. The van der Waals surface area contributed by atoms with E-state index in [1.165, 1.54) is 6.92 Å². The minimum absolute atomic E-state index is 0.0302. The van der Waals surface area contributed by atoms with Gasteiger partial charge in [0, 0.05) is 0 Å². The average Bonchev–Trinajstić information content (AvgIpc) is 3.27. The van der Waals surface area contributed by atoms with Crippen molar-refractivity contribution in [3.63, 3.8) is 0 Å². The third-order valence-corrected chi connectivity index (χ3v) is 3.46. The number of hydrogen-bond donors (Lipinski definition) is 7. The van der Waals surface area contributed by atoms with Crippen molar-refractivity contribution in [1.29, 1.82) is 0 Å². The van der Waals surface area contributed by atoms with Gasteiger partial charge in [-0.05, 0) is 6.92 Å². The van der Waals surface area contributed by atoms with Crippen molar-refractivity contribution in [2.45, 2.75) is 37.6 Å². The second kappa shape index (κ2) is 9.07. The molecule has 15 nitrogen and oxygen atoms in total. The summed E-state index contributed by atoms with van der Waals surface area (Å²) in [5.41, 5.74) is 10.8. The molecule has 154 valence electrons. The van der Waals surface area contributed by atoms with E-state index in [0.717, 1.165) is 0 Å². The van der Waals surface area contributed by atoms with Gasteiger partial charge in [0.05, 0.1) is 25.2 Å². The van der Waals surface area contributed by atoms with Crippen LogP contribution in [-0.2, 0) is 4.79 Å². The lowest BCUT2D eigenvalue weighted by Gasteiger charge is -2.20. The zero-order valence-corrected chi connectivity index (χ0v) is 14.6. The van der Waals surface area contributed by atoms with Crippen LogP contribution in [-0.4, -0.2) is 60.3 Å². The lowest BCUT2D eigenvalue weighted by atomic mass is 10.1. The van der Waals surface area contributed by atoms with Crippen molar-refractivity contribution < 1.29 is 33.8 Å². The maximum absolute atomic E-state index is 12.3. The molecule has 0 aliphatic heterocycles. The molecule has 0 bridgehead atoms. The molecule has 15 heteroatoms. The predicted molar refractivity (Wildman–Crippen MR) is 86.9 cm³/mol. The van der Waals surface area contributed by atoms with Crippen LogP contribution in [0.3, 0.4) is 0 Å². The molecule has 4 unspecified atom stereocenters. The molecule has 2 aromatic rings. The fraction of sp³-hybridized carbons (Fsp3) is 0.538. The molecule has 2 rings (SSSR count). The summed E-state index contributed by atoms with van der Waals surface area (Å²) in [5.74, 6) is -1.22. The largest absolute Gasteiger partial charge is 0.465 e. The van der Waals surface area contributed by atoms with Crippen molar-refractivity contribution >= 4 is 11.9 Å². The molecule has 0 saturated carbocycles. The number of primary amides is 1. The summed E-state index contributed by atoms with van der Waals surface area (Å²) in [6.07, 6.45) is -2.30. The van der Waals surface area contributed by atoms with Crippen LogP contribution in [0.2, 0.25) is 0 Å². The van der Waals surface area contributed by atoms with Crippen molar-refractivity contribution in [2.75, 3.05) is 6.61 Å². The summed E-state index contributed by atoms with van der Waals surface area (Å²) >= 11 is 0. The maximum atomic E-state index is 12.3. The fourth-order valence-electron chi connectivity index (χ4n) is 2.10. The van der Waals surface area contributed by atoms with Crippen LogP contribution in [0.15, 0.2) is 8.94 Å². The van der Waals surface area contributed by atoms with E-state index in [2.05, 4.69) is 31.0 Å². The van der Waals surface area contributed by atoms with Crippen LogP contribution in [0.5, 0.6) is 6.08 Å². The van der Waals surface area contributed by atoms with E-state index in [1.54, 1.807) is 0 Å². The molecule has 9 N–H and O–H groups in total. The lowest BCUT2D eigenvalue weighted by Crippen LogP contribution is -2.44. The molecule has 0 aliphatic rings. The molecule has 0 aliphatic carbocycles. The number of nitrogens with one attached hydrogen (secondary N) is 2. The van der Waals surface area contributed by atoms with Gasteiger partial charge in [0.25, 0.3) is 0 Å². The molecular formula is C13H20N8O7. The zero-order valence-electron chi connectivity index (χ0n) is 14.6. The number of nitrogens with zero attached hydrogens (tertiary/aromatic N) is 4. The SMILES string of the molecule is CC(O)C(NC(=O)NC(CC(N)=O)c1nc(C(N)CO)no1)c1nnc(O)o1. The second-order valence-corrected chi connectivity index (χ2v) is 5.76. The summed E-state index contributed by atoms with van der Waals surface area (Å²) in [4.78, 5) is 27.5. The molecule has 4 atom stereocenters. The quantitative estimate of drug-likeness (QED) is 0.230. The number of aliphatic hydroxyl groups excluding tert-OH is 2. The highest BCUT2D eigenvalue weighted by atomic mass is 16.5. The standard InChI is InChI=1S/C13H20N8O7/c1-4(23)8(11-19-20-13(26)27-11)17-12(25)16-6(2-7(15)24)10-18-9(21-28-10)5(14)3-22/h4-6,8,22-23H,2-3,14H2,1H3,(H2,15,24)(H,20,26)(H2,16,17,25). The molecule has 3 amide bonds. The van der Waals surface area contributed by atoms with E-state index in [4.69, 9.17) is 30.6 Å². The van der Waals surface area contributed by atoms with Gasteiger partial charge in [-0.3, -0.25) is 4.79 Å². The van der Waals surface area contributed by atoms with E-state index in [-0.39, 0.29) is 24.0 Å². The number of aromatic hydroxyl groups is 1. The summed E-state index contributed by atoms with van der Waals surface area (Å²) in [6.45, 7) is 0.897. The van der Waals surface area contributed by atoms with Gasteiger partial charge in [-0.1, -0.05) is 10.3 Å². The second-order valence-electron chi connectivity index (χ2n) is 5.76. The Kier molecular flexibility index (Phi) is 6.80. The highest BCUT2D eigenvalue weighted by Crippen LogP contribution is 2.20. The van der Waals surface area contributed by atoms with Gasteiger partial charge >= 0.3 is 12.1 Å². The van der Waals surface area contributed by atoms with Crippen LogP contribution in [0.25, 0.3) is 0 Å². The minimum Gasteiger partial charge on any atom is -0.465 e. The van der Waals surface area contributed by atoms with E-state index < -0.39 is 48.9 Å². The Balaban J connectivity index is 2.13. The van der Waals surface area contributed by atoms with Crippen molar-refractivity contribution in [3.05, 3.63) is 17.6 Å². The van der Waals surface area contributed by atoms with Gasteiger partial charge in [-0.15, -0.1) is 5.10 Å². The monoisotopic (exact) mass is 400 g/mol. The highest BCUT2D eigenvalue weighted by molar-refractivity contribution is 5.78. The number of carbonyl (C=O) groups excluding carboxylic acids is 2. The van der Waals surface area contributed by atoms with E-state index in [9.17, 15) is 14.7 Å². The number of rotatable bonds is 9. The van der Waals surface area contributed by atoms with E-state index in [0.29, 0.717) is 0 Å². The first kappa shape index (κ1) is 21.0. The Labute approximate surface area is 157 Å². The maximum Gasteiger partial charge on any atom is 0.412 e. The Morgan fingerprint density at radius 3 is 2.50 bits per heavy atom. The van der Waals surface area contributed by atoms with Gasteiger partial charge in [-0.2, -0.15) is 4.98 Å². The van der Waals surface area contributed by atoms with Gasteiger partial charge in [-0.25, -0.2) is 4.79 Å².